The molecule has 1 aromatic rings. The monoisotopic (exact) mass is 125 g/mol. The van der Waals surface area contributed by atoms with Crippen LogP contribution in [0.3, 0.4) is 0 Å². The second kappa shape index (κ2) is 1.36. The molecule has 0 spiro atoms. The summed E-state index contributed by atoms with van der Waals surface area (Å²) in [5, 5.41) is 9.37. The van der Waals surface area contributed by atoms with Crippen LogP contribution in [-0.4, -0.2) is 10.1 Å². The maximum Gasteiger partial charge on any atom is 0.180 e. The quantitative estimate of drug-likeness (QED) is 0.599. The largest absolute Gasteiger partial charge is 0.451 e. The highest BCUT2D eigenvalue weighted by molar-refractivity contribution is 5.14. The van der Waals surface area contributed by atoms with Crippen LogP contribution in [0, 0.1) is 0 Å². The van der Waals surface area contributed by atoms with Gasteiger partial charge < -0.3 is 9.52 Å². The fourth-order valence-electron chi connectivity index (χ4n) is 0.817. The second-order valence-corrected chi connectivity index (χ2v) is 2.41. The first-order valence-corrected chi connectivity index (χ1v) is 2.92. The SMILES string of the molecule is OC1(c2cocn2)CC1. The maximum absolute atomic E-state index is 9.37. The number of hydrogen-bond donors (Lipinski definition) is 1. The van der Waals surface area contributed by atoms with E-state index in [9.17, 15) is 5.11 Å². The van der Waals surface area contributed by atoms with E-state index < -0.39 is 5.60 Å². The third-order valence-corrected chi connectivity index (χ3v) is 1.63. The van der Waals surface area contributed by atoms with E-state index in [2.05, 4.69) is 4.98 Å². The molecule has 1 saturated carbocycles. The molecule has 0 radical (unpaired) electrons. The number of aromatic nitrogens is 1. The molecule has 0 aliphatic heterocycles. The number of rotatable bonds is 1. The molecule has 1 N–H and O–H groups in total. The van der Waals surface area contributed by atoms with Gasteiger partial charge in [-0.25, -0.2) is 4.98 Å². The Morgan fingerprint density at radius 3 is 2.89 bits per heavy atom. The molecule has 1 aliphatic carbocycles. The lowest BCUT2D eigenvalue weighted by molar-refractivity contribution is 0.146. The van der Waals surface area contributed by atoms with Crippen LogP contribution >= 0.6 is 0 Å². The van der Waals surface area contributed by atoms with Gasteiger partial charge in [-0.2, -0.15) is 0 Å². The third-order valence-electron chi connectivity index (χ3n) is 1.63. The van der Waals surface area contributed by atoms with Crippen molar-refractivity contribution in [2.45, 2.75) is 18.4 Å². The average molecular weight is 125 g/mol. The lowest BCUT2D eigenvalue weighted by Crippen LogP contribution is -2.03. The molecular formula is C6H7NO2. The van der Waals surface area contributed by atoms with Crippen molar-refractivity contribution >= 4 is 0 Å². The van der Waals surface area contributed by atoms with E-state index in [-0.39, 0.29) is 0 Å². The van der Waals surface area contributed by atoms with Crippen molar-refractivity contribution in [1.82, 2.24) is 4.98 Å². The molecule has 0 saturated heterocycles. The summed E-state index contributed by atoms with van der Waals surface area (Å²) in [5.74, 6) is 0. The van der Waals surface area contributed by atoms with Crippen molar-refractivity contribution in [2.24, 2.45) is 0 Å². The average Bonchev–Trinajstić information content (AvgIpc) is 2.46. The highest BCUT2D eigenvalue weighted by Gasteiger charge is 2.44. The molecule has 48 valence electrons. The summed E-state index contributed by atoms with van der Waals surface area (Å²) in [6.45, 7) is 0. The van der Waals surface area contributed by atoms with Crippen molar-refractivity contribution in [2.75, 3.05) is 0 Å². The fraction of sp³-hybridized carbons (Fsp3) is 0.500. The summed E-state index contributed by atoms with van der Waals surface area (Å²) in [6.07, 6.45) is 4.47. The molecule has 0 unspecified atom stereocenters. The molecule has 0 aromatic carbocycles. The molecule has 1 fully saturated rings. The molecule has 1 aliphatic rings. The predicted molar refractivity (Wildman–Crippen MR) is 29.6 cm³/mol. The van der Waals surface area contributed by atoms with Crippen LogP contribution in [0.5, 0.6) is 0 Å². The zero-order valence-electron chi connectivity index (χ0n) is 4.87. The standard InChI is InChI=1S/C6H7NO2/c8-6(1-2-6)5-3-9-4-7-5/h3-4,8H,1-2H2. The van der Waals surface area contributed by atoms with Gasteiger partial charge in [0.05, 0.1) is 0 Å². The van der Waals surface area contributed by atoms with Gasteiger partial charge in [-0.05, 0) is 12.8 Å². The number of oxazole rings is 1. The summed E-state index contributed by atoms with van der Waals surface area (Å²) in [7, 11) is 0. The van der Waals surface area contributed by atoms with Gasteiger partial charge in [0, 0.05) is 0 Å². The number of hydrogen-bond acceptors (Lipinski definition) is 3. The Morgan fingerprint density at radius 1 is 1.67 bits per heavy atom. The second-order valence-electron chi connectivity index (χ2n) is 2.41. The van der Waals surface area contributed by atoms with Crippen LogP contribution in [0.1, 0.15) is 18.5 Å². The summed E-state index contributed by atoms with van der Waals surface area (Å²) in [4.78, 5) is 3.83. The Labute approximate surface area is 52.3 Å². The highest BCUT2D eigenvalue weighted by Crippen LogP contribution is 2.44. The van der Waals surface area contributed by atoms with Crippen LogP contribution < -0.4 is 0 Å². The maximum atomic E-state index is 9.37. The van der Waals surface area contributed by atoms with Gasteiger partial charge in [0.2, 0.25) is 0 Å². The van der Waals surface area contributed by atoms with E-state index in [1.54, 1.807) is 0 Å². The number of nitrogens with zero attached hydrogens (tertiary/aromatic N) is 1. The Kier molecular flexibility index (Phi) is 0.754. The first-order valence-electron chi connectivity index (χ1n) is 2.92. The van der Waals surface area contributed by atoms with Gasteiger partial charge in [0.25, 0.3) is 0 Å². The Hall–Kier alpha value is -0.830. The van der Waals surface area contributed by atoms with E-state index >= 15 is 0 Å². The fourth-order valence-corrected chi connectivity index (χ4v) is 0.817. The van der Waals surface area contributed by atoms with Gasteiger partial charge in [0.1, 0.15) is 17.6 Å². The zero-order valence-corrected chi connectivity index (χ0v) is 4.87. The molecular weight excluding hydrogens is 118 g/mol. The molecule has 1 aromatic heterocycles. The lowest BCUT2D eigenvalue weighted by Gasteiger charge is -1.97. The van der Waals surface area contributed by atoms with E-state index in [1.165, 1.54) is 12.7 Å². The van der Waals surface area contributed by atoms with Crippen LogP contribution in [0.25, 0.3) is 0 Å². The zero-order chi connectivity index (χ0) is 6.32. The molecule has 0 atom stereocenters. The van der Waals surface area contributed by atoms with Crippen LogP contribution in [0.2, 0.25) is 0 Å². The topological polar surface area (TPSA) is 46.3 Å². The van der Waals surface area contributed by atoms with E-state index in [0.29, 0.717) is 5.69 Å². The van der Waals surface area contributed by atoms with E-state index in [4.69, 9.17) is 4.42 Å². The van der Waals surface area contributed by atoms with Crippen LogP contribution in [0.15, 0.2) is 17.1 Å². The Balaban J connectivity index is 2.34. The predicted octanol–water partition coefficient (Wildman–Crippen LogP) is 0.656. The Bertz CT molecular complexity index is 201. The van der Waals surface area contributed by atoms with Gasteiger partial charge in [-0.15, -0.1) is 0 Å². The number of aliphatic hydroxyl groups is 1. The van der Waals surface area contributed by atoms with Gasteiger partial charge in [-0.1, -0.05) is 0 Å². The van der Waals surface area contributed by atoms with Crippen molar-refractivity contribution in [3.63, 3.8) is 0 Å². The van der Waals surface area contributed by atoms with Gasteiger partial charge in [-0.3, -0.25) is 0 Å². The van der Waals surface area contributed by atoms with Gasteiger partial charge in [0.15, 0.2) is 6.39 Å². The summed E-state index contributed by atoms with van der Waals surface area (Å²) in [6, 6.07) is 0. The summed E-state index contributed by atoms with van der Waals surface area (Å²) >= 11 is 0. The van der Waals surface area contributed by atoms with Crippen LogP contribution in [0.4, 0.5) is 0 Å². The van der Waals surface area contributed by atoms with E-state index in [0.717, 1.165) is 12.8 Å². The minimum atomic E-state index is -0.632. The lowest BCUT2D eigenvalue weighted by atomic mass is 10.3. The molecule has 3 heteroatoms. The molecule has 2 rings (SSSR count). The Morgan fingerprint density at radius 2 is 2.44 bits per heavy atom. The molecule has 1 heterocycles. The summed E-state index contributed by atoms with van der Waals surface area (Å²) in [5.41, 5.74) is 0.0370. The van der Waals surface area contributed by atoms with E-state index in [1.807, 2.05) is 0 Å². The van der Waals surface area contributed by atoms with Crippen molar-refractivity contribution in [3.8, 4) is 0 Å². The van der Waals surface area contributed by atoms with Crippen molar-refractivity contribution in [1.29, 1.82) is 0 Å². The molecule has 0 bridgehead atoms. The third kappa shape index (κ3) is 0.650. The minimum Gasteiger partial charge on any atom is -0.451 e. The summed E-state index contributed by atoms with van der Waals surface area (Å²) < 4.78 is 4.71. The first-order chi connectivity index (χ1) is 4.31. The van der Waals surface area contributed by atoms with Crippen molar-refractivity contribution in [3.05, 3.63) is 18.4 Å². The van der Waals surface area contributed by atoms with Gasteiger partial charge >= 0.3 is 0 Å². The normalized spacial score (nSPS) is 21.9. The highest BCUT2D eigenvalue weighted by atomic mass is 16.3. The molecule has 0 amide bonds. The smallest absolute Gasteiger partial charge is 0.180 e. The molecule has 9 heavy (non-hydrogen) atoms. The minimum absolute atomic E-state index is 0.632. The molecule has 3 nitrogen and oxygen atoms in total. The van der Waals surface area contributed by atoms with Crippen LogP contribution in [-0.2, 0) is 5.60 Å². The van der Waals surface area contributed by atoms with Crippen molar-refractivity contribution < 1.29 is 9.52 Å². The first kappa shape index (κ1) is 4.99.